The topological polar surface area (TPSA) is 101 Å². The summed E-state index contributed by atoms with van der Waals surface area (Å²) in [5, 5.41) is 20.6. The largest absolute Gasteiger partial charge is 0.502 e. The molecule has 9 heteroatoms. The number of nitrogens with zero attached hydrogens (tertiary/aromatic N) is 2. The van der Waals surface area contributed by atoms with Crippen molar-refractivity contribution in [1.29, 1.82) is 0 Å². The Morgan fingerprint density at radius 2 is 1.92 bits per heavy atom. The molecule has 1 aliphatic heterocycles. The number of phenolic OH excluding ortho intramolecular Hbond substituents is 1. The van der Waals surface area contributed by atoms with Crippen molar-refractivity contribution in [3.05, 3.63) is 73.1 Å². The van der Waals surface area contributed by atoms with Gasteiger partial charge in [0, 0.05) is 16.1 Å². The first kappa shape index (κ1) is 18.2. The lowest BCUT2D eigenvalue weighted by molar-refractivity contribution is -0.385. The van der Waals surface area contributed by atoms with Gasteiger partial charge in [0.1, 0.15) is 0 Å². The van der Waals surface area contributed by atoms with Crippen LogP contribution < -0.4 is 0 Å². The van der Waals surface area contributed by atoms with Crippen LogP contribution >= 0.6 is 27.7 Å². The minimum absolute atomic E-state index is 0.0799. The minimum atomic E-state index is -0.724. The van der Waals surface area contributed by atoms with Crippen LogP contribution in [-0.2, 0) is 11.3 Å². The number of rotatable bonds is 4. The molecule has 0 spiro atoms. The van der Waals surface area contributed by atoms with E-state index in [9.17, 15) is 24.8 Å². The van der Waals surface area contributed by atoms with Crippen LogP contribution in [0.2, 0.25) is 0 Å². The number of benzene rings is 2. The van der Waals surface area contributed by atoms with Crippen LogP contribution in [0.4, 0.5) is 10.5 Å². The molecule has 0 saturated carbocycles. The summed E-state index contributed by atoms with van der Waals surface area (Å²) in [7, 11) is 0. The molecule has 26 heavy (non-hydrogen) atoms. The minimum Gasteiger partial charge on any atom is -0.502 e. The molecule has 7 nitrogen and oxygen atoms in total. The van der Waals surface area contributed by atoms with E-state index in [1.165, 1.54) is 12.1 Å². The van der Waals surface area contributed by atoms with Crippen molar-refractivity contribution < 1.29 is 19.6 Å². The Balaban J connectivity index is 1.92. The van der Waals surface area contributed by atoms with Crippen LogP contribution in [0.3, 0.4) is 0 Å². The average molecular weight is 435 g/mol. The fraction of sp³-hybridized carbons (Fsp3) is 0.0588. The van der Waals surface area contributed by atoms with E-state index < -0.39 is 27.5 Å². The third kappa shape index (κ3) is 3.63. The van der Waals surface area contributed by atoms with E-state index in [1.54, 1.807) is 12.1 Å². The maximum absolute atomic E-state index is 12.5. The fourth-order valence-electron chi connectivity index (χ4n) is 2.40. The number of thioether (sulfide) groups is 1. The smallest absolute Gasteiger partial charge is 0.312 e. The summed E-state index contributed by atoms with van der Waals surface area (Å²) in [5.74, 6) is -1.07. The second kappa shape index (κ2) is 7.30. The van der Waals surface area contributed by atoms with Gasteiger partial charge in [0.05, 0.1) is 16.4 Å². The summed E-state index contributed by atoms with van der Waals surface area (Å²) in [6, 6.07) is 11.7. The summed E-state index contributed by atoms with van der Waals surface area (Å²) in [4.78, 5) is 36.2. The summed E-state index contributed by atoms with van der Waals surface area (Å²) in [6.45, 7) is 0.132. The van der Waals surface area contributed by atoms with Gasteiger partial charge in [-0.15, -0.1) is 0 Å². The molecule has 2 aromatic rings. The van der Waals surface area contributed by atoms with Gasteiger partial charge >= 0.3 is 5.69 Å². The summed E-state index contributed by atoms with van der Waals surface area (Å²) in [6.07, 6.45) is 1.28. The van der Waals surface area contributed by atoms with E-state index in [0.29, 0.717) is 4.47 Å². The number of halogens is 1. The van der Waals surface area contributed by atoms with E-state index in [1.807, 2.05) is 18.2 Å². The molecular formula is C17H11BrN2O5S. The van der Waals surface area contributed by atoms with E-state index in [0.717, 1.165) is 28.3 Å². The van der Waals surface area contributed by atoms with Gasteiger partial charge in [0.2, 0.25) is 5.75 Å². The number of nitro benzene ring substituents is 1. The van der Waals surface area contributed by atoms with Gasteiger partial charge in [-0.3, -0.25) is 24.6 Å². The summed E-state index contributed by atoms with van der Waals surface area (Å²) >= 11 is 3.86. The molecule has 1 saturated heterocycles. The first-order valence-electron chi connectivity index (χ1n) is 7.33. The van der Waals surface area contributed by atoms with Gasteiger partial charge < -0.3 is 5.11 Å². The highest BCUT2D eigenvalue weighted by molar-refractivity contribution is 9.10. The number of carbonyl (C=O) groups is 2. The lowest BCUT2D eigenvalue weighted by atomic mass is 10.1. The lowest BCUT2D eigenvalue weighted by Gasteiger charge is -2.12. The van der Waals surface area contributed by atoms with Crippen molar-refractivity contribution in [3.8, 4) is 5.75 Å². The molecule has 1 aliphatic rings. The molecule has 1 N–H and O–H groups in total. The number of aromatic hydroxyl groups is 1. The third-order valence-electron chi connectivity index (χ3n) is 3.62. The Morgan fingerprint density at radius 1 is 1.23 bits per heavy atom. The summed E-state index contributed by atoms with van der Waals surface area (Å²) < 4.78 is 0.372. The standard InChI is InChI=1S/C17H11BrN2O5S/c18-12-6-11(15(21)13(8-12)20(24)25)7-14-16(22)19(17(23)26-14)9-10-4-2-1-3-5-10/h1-8,21H,9H2/b14-7-. The highest BCUT2D eigenvalue weighted by Crippen LogP contribution is 2.38. The van der Waals surface area contributed by atoms with E-state index in [2.05, 4.69) is 15.9 Å². The molecule has 2 amide bonds. The molecule has 0 unspecified atom stereocenters. The molecule has 0 aliphatic carbocycles. The maximum Gasteiger partial charge on any atom is 0.312 e. The maximum atomic E-state index is 12.5. The number of hydrogen-bond donors (Lipinski definition) is 1. The zero-order chi connectivity index (χ0) is 18.8. The fourth-order valence-corrected chi connectivity index (χ4v) is 3.69. The first-order chi connectivity index (χ1) is 12.4. The van der Waals surface area contributed by atoms with Crippen molar-refractivity contribution in [1.82, 2.24) is 4.90 Å². The molecule has 1 fully saturated rings. The molecule has 132 valence electrons. The number of carbonyl (C=O) groups excluding carboxylic acids is 2. The zero-order valence-corrected chi connectivity index (χ0v) is 15.5. The summed E-state index contributed by atoms with van der Waals surface area (Å²) in [5.41, 5.74) is 0.391. The van der Waals surface area contributed by atoms with Crippen LogP contribution in [0.5, 0.6) is 5.75 Å². The third-order valence-corrected chi connectivity index (χ3v) is 4.99. The number of hydrogen-bond acceptors (Lipinski definition) is 6. The Labute approximate surface area is 160 Å². The predicted molar refractivity (Wildman–Crippen MR) is 100 cm³/mol. The Morgan fingerprint density at radius 3 is 2.58 bits per heavy atom. The monoisotopic (exact) mass is 434 g/mol. The van der Waals surface area contributed by atoms with Crippen molar-refractivity contribution in [2.75, 3.05) is 0 Å². The average Bonchev–Trinajstić information content (AvgIpc) is 2.86. The zero-order valence-electron chi connectivity index (χ0n) is 13.1. The van der Waals surface area contributed by atoms with Crippen LogP contribution in [0.1, 0.15) is 11.1 Å². The SMILES string of the molecule is O=C1S/C(=C\c2cc(Br)cc([N+](=O)[O-])c2O)C(=O)N1Cc1ccccc1. The van der Waals surface area contributed by atoms with Gasteiger partial charge in [0.15, 0.2) is 0 Å². The highest BCUT2D eigenvalue weighted by atomic mass is 79.9. The van der Waals surface area contributed by atoms with Crippen molar-refractivity contribution in [2.45, 2.75) is 6.54 Å². The normalized spacial score (nSPS) is 15.7. The van der Waals surface area contributed by atoms with Crippen LogP contribution in [0.25, 0.3) is 6.08 Å². The molecule has 2 aromatic carbocycles. The van der Waals surface area contributed by atoms with E-state index >= 15 is 0 Å². The molecule has 0 radical (unpaired) electrons. The Kier molecular flexibility index (Phi) is 5.10. The van der Waals surface area contributed by atoms with Crippen molar-refractivity contribution >= 4 is 50.6 Å². The van der Waals surface area contributed by atoms with Crippen LogP contribution in [-0.4, -0.2) is 26.1 Å². The quantitative estimate of drug-likeness (QED) is 0.437. The van der Waals surface area contributed by atoms with Crippen molar-refractivity contribution in [3.63, 3.8) is 0 Å². The Hall–Kier alpha value is -2.65. The second-order valence-corrected chi connectivity index (χ2v) is 7.28. The molecule has 0 bridgehead atoms. The highest BCUT2D eigenvalue weighted by Gasteiger charge is 2.35. The molecule has 0 aromatic heterocycles. The number of phenols is 1. The van der Waals surface area contributed by atoms with Gasteiger partial charge in [-0.25, -0.2) is 0 Å². The first-order valence-corrected chi connectivity index (χ1v) is 8.94. The number of nitro groups is 1. The number of amides is 2. The second-order valence-electron chi connectivity index (χ2n) is 5.37. The number of imide groups is 1. The van der Waals surface area contributed by atoms with Crippen LogP contribution in [0.15, 0.2) is 51.8 Å². The van der Waals surface area contributed by atoms with Gasteiger partial charge in [0.25, 0.3) is 11.1 Å². The predicted octanol–water partition coefficient (Wildman–Crippen LogP) is 4.30. The Bertz CT molecular complexity index is 946. The molecule has 3 rings (SSSR count). The van der Waals surface area contributed by atoms with Gasteiger partial charge in [-0.1, -0.05) is 46.3 Å². The molecule has 0 atom stereocenters. The lowest BCUT2D eigenvalue weighted by Crippen LogP contribution is -2.27. The molecule has 1 heterocycles. The van der Waals surface area contributed by atoms with Crippen molar-refractivity contribution in [2.24, 2.45) is 0 Å². The van der Waals surface area contributed by atoms with Crippen LogP contribution in [0, 0.1) is 10.1 Å². The van der Waals surface area contributed by atoms with E-state index in [-0.39, 0.29) is 17.0 Å². The van der Waals surface area contributed by atoms with Gasteiger partial charge in [-0.05, 0) is 29.5 Å². The molecular weight excluding hydrogens is 424 g/mol. The van der Waals surface area contributed by atoms with Gasteiger partial charge in [-0.2, -0.15) is 0 Å². The van der Waals surface area contributed by atoms with E-state index in [4.69, 9.17) is 0 Å².